The highest BCUT2D eigenvalue weighted by atomic mass is 32.2. The van der Waals surface area contributed by atoms with Crippen LogP contribution in [0.25, 0.3) is 0 Å². The molecule has 0 aromatic heterocycles. The van der Waals surface area contributed by atoms with E-state index in [1.54, 1.807) is 91.8 Å². The van der Waals surface area contributed by atoms with Crippen molar-refractivity contribution in [3.05, 3.63) is 71.8 Å². The predicted molar refractivity (Wildman–Crippen MR) is 489 cm³/mol. The van der Waals surface area contributed by atoms with Gasteiger partial charge >= 0.3 is 146 Å². The van der Waals surface area contributed by atoms with Gasteiger partial charge in [0.1, 0.15) is 0 Å². The van der Waals surface area contributed by atoms with E-state index in [0.717, 1.165) is 85.0 Å². The van der Waals surface area contributed by atoms with Crippen molar-refractivity contribution in [2.45, 2.75) is 172 Å². The second-order valence-corrected chi connectivity index (χ2v) is 36.3. The van der Waals surface area contributed by atoms with Crippen LogP contribution in [0.15, 0.2) is 60.7 Å². The molecule has 5 N–H and O–H groups in total. The summed E-state index contributed by atoms with van der Waals surface area (Å²) in [6, 6.07) is 16.1. The zero-order valence-electron chi connectivity index (χ0n) is 79.8. The topological polar surface area (TPSA) is 713 Å². The van der Waals surface area contributed by atoms with E-state index in [1.807, 2.05) is 0 Å². The van der Waals surface area contributed by atoms with Crippen LogP contribution in [0.3, 0.4) is 0 Å². The monoisotopic (exact) mass is 2130 g/mol. The molecule has 5 atom stereocenters. The van der Waals surface area contributed by atoms with Crippen molar-refractivity contribution in [1.29, 1.82) is 0 Å². The lowest BCUT2D eigenvalue weighted by atomic mass is 9.89. The largest absolute Gasteiger partial charge is 0.481 e. The van der Waals surface area contributed by atoms with Crippen LogP contribution in [-0.4, -0.2) is 268 Å². The summed E-state index contributed by atoms with van der Waals surface area (Å²) < 4.78 is 93.3. The summed E-state index contributed by atoms with van der Waals surface area (Å²) in [4.78, 5) is 285. The molecule has 4 rings (SSSR count). The highest BCUT2D eigenvalue weighted by Crippen LogP contribution is 2.28. The number of rotatable bonds is 50. The molecular weight excluding hydrogens is 2020 g/mol. The molecule has 0 saturated heterocycles. The number of benzene rings is 2. The van der Waals surface area contributed by atoms with E-state index in [4.69, 9.17) is 67.4 Å². The number of carboxylic acids is 5. The Kier molecular flexibility index (Phi) is 67.2. The zero-order valence-corrected chi connectivity index (χ0v) is 83.8. The second kappa shape index (κ2) is 73.9. The smallest absolute Gasteiger partial charge is 0.370 e. The summed E-state index contributed by atoms with van der Waals surface area (Å²) in [5.74, 6) is -25.0. The lowest BCUT2D eigenvalue weighted by Crippen LogP contribution is -2.26. The van der Waals surface area contributed by atoms with Crippen LogP contribution in [-0.2, 0) is 181 Å². The lowest BCUT2D eigenvalue weighted by molar-refractivity contribution is -0.175. The van der Waals surface area contributed by atoms with Gasteiger partial charge in [-0.15, -0.1) is 0 Å². The maximum atomic E-state index is 11.9. The van der Waals surface area contributed by atoms with Crippen molar-refractivity contribution < 1.29 is 240 Å². The fraction of sp³-hybridized carbons (Fsp3) is 0.580. The Morgan fingerprint density at radius 1 is 0.280 bits per heavy atom. The fourth-order valence-corrected chi connectivity index (χ4v) is 13.4. The maximum absolute atomic E-state index is 11.9. The van der Waals surface area contributed by atoms with Gasteiger partial charge in [-0.3, -0.25) is 86.3 Å². The SMILES string of the molecule is CC(=O)OCOC(=O)C[C@@H](CSC(=O)OCOC(=O)C(C)C)C(=O)O.CC(=O)OCOC(=O)C[C@@H](CSC(=O)OCOC(C)=O)C(=O)O.CC(C)(C)C(=O)OCOC(=O)C[C@@H](CSC(=O)OCOC(=O)C(C)(C)C)C(=O)O.O=C(C[C@@H](CSC(=O)OCOC(=O)C1CCCCC1)C(=O)O)OCOC(=O)C1CCCCC1.O=C(C[C@@H](CSC(=O)OCOC(=O)c1ccccc1)C(=O)O)OCOC(=O)c1ccccc1. The van der Waals surface area contributed by atoms with E-state index < -0.39 is 286 Å². The molecule has 0 aliphatic heterocycles. The number of hydrogen-bond acceptors (Lipinski definition) is 50. The zero-order chi connectivity index (χ0) is 108. The molecule has 2 aliphatic carbocycles. The Hall–Kier alpha value is -13.1. The molecule has 0 amide bonds. The molecule has 143 heavy (non-hydrogen) atoms. The number of thioether (sulfide) groups is 5. The van der Waals surface area contributed by atoms with Gasteiger partial charge in [0, 0.05) is 49.5 Å². The average molecular weight is 2130 g/mol. The van der Waals surface area contributed by atoms with Gasteiger partial charge in [0.05, 0.1) is 101 Å². The van der Waals surface area contributed by atoms with Crippen LogP contribution in [0.2, 0.25) is 0 Å². The standard InChI is InChI=1S/C22H32O10S.C22H20O10S.C18H28O10S.C14H20O10S.C12H16O10S/c2*23-18(29-13-30-20(26)15-7-3-1-4-8-15)11-17(19(24)25)12-33-22(28)32-14-31-21(27)16-9-5-2-6-10-16;1-17(2,3)14(22)26-9-25-12(19)7-11(13(20)21)8-29-16(24)28-10-27-15(23)18(4,5)6;1-8(2)13(19)23-7-24-14(20)25-5-10(12(17)18)4-11(16)22-6-21-9(3)15;1-7(13)19-5-21-10(15)3-9(11(16)17)4-23-12(18)22-6-20-8(2)14/h15-17H,1-14H2,(H,24,25);1-10,17H,11-14H2,(H,24,25);11H,7-10H2,1-6H3,(H,20,21);8,10H,4-7H2,1-3H3,(H,17,18);9H,3-6H2,1-2H3,(H,16,17)/t2*17-;11-;10-;9-/m00000/s1. The molecule has 2 aromatic rings. The summed E-state index contributed by atoms with van der Waals surface area (Å²) in [5, 5.41) is 41.4. The van der Waals surface area contributed by atoms with Crippen molar-refractivity contribution in [2.24, 2.45) is 58.2 Å². The second-order valence-electron chi connectivity index (χ2n) is 31.6. The van der Waals surface area contributed by atoms with Gasteiger partial charge in [0.2, 0.25) is 67.9 Å². The molecule has 2 fully saturated rings. The van der Waals surface area contributed by atoms with Crippen LogP contribution in [0, 0.1) is 58.2 Å². The van der Waals surface area contributed by atoms with Crippen LogP contribution < -0.4 is 0 Å². The lowest BCUT2D eigenvalue weighted by Gasteiger charge is -2.20. The first-order valence-corrected chi connectivity index (χ1v) is 47.7. The normalized spacial score (nSPS) is 13.0. The summed E-state index contributed by atoms with van der Waals surface area (Å²) in [6.45, 7) is 10.3. The van der Waals surface area contributed by atoms with E-state index in [-0.39, 0.29) is 57.6 Å². The van der Waals surface area contributed by atoms with Gasteiger partial charge < -0.3 is 120 Å². The van der Waals surface area contributed by atoms with Gasteiger partial charge in [-0.1, -0.05) is 88.8 Å². The van der Waals surface area contributed by atoms with Crippen molar-refractivity contribution >= 4 is 205 Å². The van der Waals surface area contributed by atoms with E-state index in [1.165, 1.54) is 24.3 Å². The minimum Gasteiger partial charge on any atom is -0.481 e. The maximum Gasteiger partial charge on any atom is 0.370 e. The summed E-state index contributed by atoms with van der Waals surface area (Å²) in [6.07, 6.45) is 6.47. The van der Waals surface area contributed by atoms with Gasteiger partial charge in [-0.05, 0) is 150 Å². The Bertz CT molecular complexity index is 4500. The first-order chi connectivity index (χ1) is 67.2. The first-order valence-electron chi connectivity index (χ1n) is 42.8. The molecule has 50 nitrogen and oxygen atoms in total. The fourth-order valence-electron chi connectivity index (χ4n) is 9.77. The molecule has 55 heteroatoms. The number of carbonyl (C=O) groups excluding carboxylic acids is 20. The van der Waals surface area contributed by atoms with Crippen LogP contribution in [0.4, 0.5) is 24.0 Å². The van der Waals surface area contributed by atoms with E-state index in [9.17, 15) is 130 Å². The molecule has 2 aromatic carbocycles. The van der Waals surface area contributed by atoms with Crippen molar-refractivity contribution in [3.8, 4) is 0 Å². The molecule has 2 saturated carbocycles. The molecule has 0 spiro atoms. The average Bonchev–Trinajstić information content (AvgIpc) is 0.914. The molecule has 2 aliphatic rings. The first kappa shape index (κ1) is 130. The van der Waals surface area contributed by atoms with Gasteiger partial charge in [0.15, 0.2) is 0 Å². The molecule has 0 heterocycles. The third-order valence-corrected chi connectivity index (χ3v) is 22.2. The third kappa shape index (κ3) is 67.1. The highest BCUT2D eigenvalue weighted by Gasteiger charge is 2.33. The third-order valence-electron chi connectivity index (χ3n) is 17.5. The van der Waals surface area contributed by atoms with E-state index >= 15 is 0 Å². The quantitative estimate of drug-likeness (QED) is 0.0233. The molecule has 0 unspecified atom stereocenters. The van der Waals surface area contributed by atoms with Crippen LogP contribution in [0.1, 0.15) is 193 Å². The van der Waals surface area contributed by atoms with E-state index in [0.29, 0.717) is 58.8 Å². The van der Waals surface area contributed by atoms with Crippen molar-refractivity contribution in [1.82, 2.24) is 0 Å². The Labute approximate surface area is 839 Å². The minimum atomic E-state index is -1.33. The molecule has 0 bridgehead atoms. The van der Waals surface area contributed by atoms with Crippen LogP contribution >= 0.6 is 58.8 Å². The molecule has 798 valence electrons. The Morgan fingerprint density at radius 3 is 0.727 bits per heavy atom. The summed E-state index contributed by atoms with van der Waals surface area (Å²) in [7, 11) is 0. The summed E-state index contributed by atoms with van der Waals surface area (Å²) >= 11 is 2.61. The minimum absolute atomic E-state index is 0.172. The molecular formula is C88H116O50S5. The number of ether oxygens (including phenoxy) is 20. The number of carbonyl (C=O) groups is 25. The van der Waals surface area contributed by atoms with Crippen molar-refractivity contribution in [2.75, 3.05) is 96.7 Å². The van der Waals surface area contributed by atoms with Crippen molar-refractivity contribution in [3.63, 3.8) is 0 Å². The van der Waals surface area contributed by atoms with Gasteiger partial charge in [-0.25, -0.2) is 33.6 Å². The number of hydrogen-bond donors (Lipinski definition) is 5. The molecule has 0 radical (unpaired) electrons. The van der Waals surface area contributed by atoms with E-state index in [2.05, 4.69) is 42.6 Å². The Balaban J connectivity index is 0.00000178. The van der Waals surface area contributed by atoms with Crippen LogP contribution in [0.5, 0.6) is 0 Å². The number of aliphatic carboxylic acids is 5. The number of esters is 15. The van der Waals surface area contributed by atoms with Gasteiger partial charge in [-0.2, -0.15) is 0 Å². The Morgan fingerprint density at radius 2 is 0.490 bits per heavy atom. The van der Waals surface area contributed by atoms with Gasteiger partial charge in [0.25, 0.3) is 0 Å². The predicted octanol–water partition coefficient (Wildman–Crippen LogP) is 11.1. The highest BCUT2D eigenvalue weighted by molar-refractivity contribution is 8.14. The number of carboxylic acid groups (broad SMARTS) is 5. The summed E-state index contributed by atoms with van der Waals surface area (Å²) in [5.41, 5.74) is -0.981.